The molecule has 1 fully saturated rings. The highest BCUT2D eigenvalue weighted by Crippen LogP contribution is 2.11. The summed E-state index contributed by atoms with van der Waals surface area (Å²) in [6, 6.07) is -0.223. The molecule has 1 aliphatic heterocycles. The van der Waals surface area contributed by atoms with E-state index in [-0.39, 0.29) is 11.8 Å². The number of piperazine rings is 1. The number of carbonyl (C=O) groups is 1. The number of aryl methyl sites for hydroxylation is 1. The Bertz CT molecular complexity index is 590. The SMILES string of the molecule is CCn1cc(NC(=O)N2CCN(S(=O)(=O)CC)CC2)cn1. The molecule has 1 saturated heterocycles. The molecule has 0 unspecified atom stereocenters. The number of hydrogen-bond acceptors (Lipinski definition) is 4. The number of urea groups is 1. The van der Waals surface area contributed by atoms with Gasteiger partial charge in [0, 0.05) is 38.9 Å². The summed E-state index contributed by atoms with van der Waals surface area (Å²) >= 11 is 0. The number of nitrogens with zero attached hydrogens (tertiary/aromatic N) is 4. The maximum absolute atomic E-state index is 12.1. The van der Waals surface area contributed by atoms with Gasteiger partial charge in [-0.15, -0.1) is 0 Å². The average Bonchev–Trinajstić information content (AvgIpc) is 2.95. The minimum absolute atomic E-state index is 0.0927. The Hall–Kier alpha value is -1.61. The fourth-order valence-corrected chi connectivity index (χ4v) is 3.24. The highest BCUT2D eigenvalue weighted by atomic mass is 32.2. The van der Waals surface area contributed by atoms with Gasteiger partial charge in [0.05, 0.1) is 17.6 Å². The molecule has 118 valence electrons. The van der Waals surface area contributed by atoms with Crippen molar-refractivity contribution < 1.29 is 13.2 Å². The minimum atomic E-state index is -3.17. The van der Waals surface area contributed by atoms with Gasteiger partial charge in [0.2, 0.25) is 10.0 Å². The molecule has 8 nitrogen and oxygen atoms in total. The quantitative estimate of drug-likeness (QED) is 0.871. The van der Waals surface area contributed by atoms with Gasteiger partial charge in [-0.2, -0.15) is 9.40 Å². The summed E-state index contributed by atoms with van der Waals surface area (Å²) in [5, 5.41) is 6.85. The summed E-state index contributed by atoms with van der Waals surface area (Å²) in [5.41, 5.74) is 0.644. The van der Waals surface area contributed by atoms with Gasteiger partial charge in [0.1, 0.15) is 0 Å². The molecule has 1 aromatic heterocycles. The molecule has 0 aliphatic carbocycles. The van der Waals surface area contributed by atoms with Gasteiger partial charge < -0.3 is 10.2 Å². The van der Waals surface area contributed by atoms with Crippen LogP contribution in [0.5, 0.6) is 0 Å². The molecule has 0 saturated carbocycles. The number of sulfonamides is 1. The molecule has 1 N–H and O–H groups in total. The van der Waals surface area contributed by atoms with Gasteiger partial charge in [-0.05, 0) is 13.8 Å². The standard InChI is InChI=1S/C12H21N5O3S/c1-3-16-10-11(9-13-16)14-12(18)15-5-7-17(8-6-15)21(19,20)4-2/h9-10H,3-8H2,1-2H3,(H,14,18). The average molecular weight is 315 g/mol. The Morgan fingerprint density at radius 3 is 2.48 bits per heavy atom. The van der Waals surface area contributed by atoms with Crippen LogP contribution in [0.1, 0.15) is 13.8 Å². The van der Waals surface area contributed by atoms with Gasteiger partial charge in [0.25, 0.3) is 0 Å². The van der Waals surface area contributed by atoms with E-state index in [1.54, 1.807) is 28.9 Å². The molecule has 1 aromatic rings. The van der Waals surface area contributed by atoms with Crippen LogP contribution in [0.25, 0.3) is 0 Å². The summed E-state index contributed by atoms with van der Waals surface area (Å²) in [7, 11) is -3.17. The van der Waals surface area contributed by atoms with Crippen molar-refractivity contribution in [3.63, 3.8) is 0 Å². The molecule has 9 heteroatoms. The lowest BCUT2D eigenvalue weighted by molar-refractivity contribution is 0.184. The van der Waals surface area contributed by atoms with Crippen LogP contribution in [0.15, 0.2) is 12.4 Å². The smallest absolute Gasteiger partial charge is 0.322 e. The first-order valence-electron chi connectivity index (χ1n) is 7.02. The van der Waals surface area contributed by atoms with Crippen molar-refractivity contribution in [3.8, 4) is 0 Å². The Morgan fingerprint density at radius 1 is 1.29 bits per heavy atom. The fourth-order valence-electron chi connectivity index (χ4n) is 2.16. The Balaban J connectivity index is 1.88. The number of nitrogens with one attached hydrogen (secondary N) is 1. The van der Waals surface area contributed by atoms with E-state index in [2.05, 4.69) is 10.4 Å². The summed E-state index contributed by atoms with van der Waals surface area (Å²) in [6.45, 7) is 5.81. The van der Waals surface area contributed by atoms with Crippen molar-refractivity contribution in [3.05, 3.63) is 12.4 Å². The fraction of sp³-hybridized carbons (Fsp3) is 0.667. The van der Waals surface area contributed by atoms with Crippen molar-refractivity contribution in [1.82, 2.24) is 19.0 Å². The monoisotopic (exact) mass is 315 g/mol. The van der Waals surface area contributed by atoms with Crippen LogP contribution in [-0.4, -0.2) is 65.4 Å². The van der Waals surface area contributed by atoms with E-state index in [0.717, 1.165) is 6.54 Å². The highest BCUT2D eigenvalue weighted by molar-refractivity contribution is 7.89. The molecule has 2 amide bonds. The third kappa shape index (κ3) is 3.73. The van der Waals surface area contributed by atoms with Crippen LogP contribution >= 0.6 is 0 Å². The zero-order chi connectivity index (χ0) is 15.5. The summed E-state index contributed by atoms with van der Waals surface area (Å²) in [4.78, 5) is 13.7. The van der Waals surface area contributed by atoms with Crippen molar-refractivity contribution in [2.75, 3.05) is 37.2 Å². The third-order valence-electron chi connectivity index (χ3n) is 3.49. The third-order valence-corrected chi connectivity index (χ3v) is 5.37. The first kappa shape index (κ1) is 15.8. The summed E-state index contributed by atoms with van der Waals surface area (Å²) < 4.78 is 26.7. The van der Waals surface area contributed by atoms with Crippen molar-refractivity contribution >= 4 is 21.7 Å². The summed E-state index contributed by atoms with van der Waals surface area (Å²) in [6.07, 6.45) is 3.36. The largest absolute Gasteiger partial charge is 0.322 e. The van der Waals surface area contributed by atoms with Gasteiger partial charge in [-0.1, -0.05) is 0 Å². The van der Waals surface area contributed by atoms with Crippen molar-refractivity contribution in [2.45, 2.75) is 20.4 Å². The lowest BCUT2D eigenvalue weighted by Crippen LogP contribution is -2.51. The molecule has 2 heterocycles. The normalized spacial score (nSPS) is 17.0. The Kier molecular flexibility index (Phi) is 4.84. The van der Waals surface area contributed by atoms with E-state index in [1.165, 1.54) is 4.31 Å². The summed E-state index contributed by atoms with van der Waals surface area (Å²) in [5.74, 6) is 0.0927. The van der Waals surface area contributed by atoms with Crippen LogP contribution in [0, 0.1) is 0 Å². The predicted molar refractivity (Wildman–Crippen MR) is 79.5 cm³/mol. The number of amides is 2. The number of carbonyl (C=O) groups excluding carboxylic acids is 1. The highest BCUT2D eigenvalue weighted by Gasteiger charge is 2.27. The van der Waals surface area contributed by atoms with Crippen LogP contribution in [0.2, 0.25) is 0 Å². The first-order chi connectivity index (χ1) is 9.96. The molecule has 0 spiro atoms. The van der Waals surface area contributed by atoms with Crippen LogP contribution in [-0.2, 0) is 16.6 Å². The van der Waals surface area contributed by atoms with E-state index in [9.17, 15) is 13.2 Å². The topological polar surface area (TPSA) is 87.5 Å². The lowest BCUT2D eigenvalue weighted by atomic mass is 10.4. The molecule has 0 bridgehead atoms. The van der Waals surface area contributed by atoms with Crippen LogP contribution in [0.4, 0.5) is 10.5 Å². The molecule has 2 rings (SSSR count). The van der Waals surface area contributed by atoms with Crippen LogP contribution in [0.3, 0.4) is 0 Å². The molecular weight excluding hydrogens is 294 g/mol. The number of anilines is 1. The van der Waals surface area contributed by atoms with E-state index in [1.807, 2.05) is 6.92 Å². The molecule has 1 aliphatic rings. The zero-order valence-corrected chi connectivity index (χ0v) is 13.1. The second-order valence-corrected chi connectivity index (χ2v) is 7.06. The maximum atomic E-state index is 12.1. The number of rotatable bonds is 4. The zero-order valence-electron chi connectivity index (χ0n) is 12.3. The van der Waals surface area contributed by atoms with Crippen molar-refractivity contribution in [2.24, 2.45) is 0 Å². The van der Waals surface area contributed by atoms with Gasteiger partial charge in [-0.25, -0.2) is 13.2 Å². The Labute approximate surface area is 124 Å². The van der Waals surface area contributed by atoms with E-state index in [0.29, 0.717) is 31.9 Å². The van der Waals surface area contributed by atoms with E-state index in [4.69, 9.17) is 0 Å². The maximum Gasteiger partial charge on any atom is 0.322 e. The number of aromatic nitrogens is 2. The van der Waals surface area contributed by atoms with Crippen molar-refractivity contribution in [1.29, 1.82) is 0 Å². The minimum Gasteiger partial charge on any atom is -0.322 e. The van der Waals surface area contributed by atoms with Gasteiger partial charge in [0.15, 0.2) is 0 Å². The first-order valence-corrected chi connectivity index (χ1v) is 8.63. The Morgan fingerprint density at radius 2 is 1.95 bits per heavy atom. The number of hydrogen-bond donors (Lipinski definition) is 1. The molecule has 0 atom stereocenters. The van der Waals surface area contributed by atoms with E-state index >= 15 is 0 Å². The molecule has 0 aromatic carbocycles. The van der Waals surface area contributed by atoms with Gasteiger partial charge >= 0.3 is 6.03 Å². The van der Waals surface area contributed by atoms with Crippen LogP contribution < -0.4 is 5.32 Å². The second kappa shape index (κ2) is 6.44. The second-order valence-electron chi connectivity index (χ2n) is 4.80. The molecule has 0 radical (unpaired) electrons. The lowest BCUT2D eigenvalue weighted by Gasteiger charge is -2.33. The van der Waals surface area contributed by atoms with E-state index < -0.39 is 10.0 Å². The molecular formula is C12H21N5O3S. The predicted octanol–water partition coefficient (Wildman–Crippen LogP) is 0.402. The molecule has 21 heavy (non-hydrogen) atoms. The van der Waals surface area contributed by atoms with Gasteiger partial charge in [-0.3, -0.25) is 4.68 Å².